The van der Waals surface area contributed by atoms with E-state index in [9.17, 15) is 4.79 Å². The van der Waals surface area contributed by atoms with Gasteiger partial charge in [-0.15, -0.1) is 11.3 Å². The largest absolute Gasteiger partial charge is 0.328 e. The summed E-state index contributed by atoms with van der Waals surface area (Å²) < 4.78 is 1.19. The maximum atomic E-state index is 12.8. The van der Waals surface area contributed by atoms with Crippen LogP contribution in [0.2, 0.25) is 0 Å². The first-order valence-corrected chi connectivity index (χ1v) is 10.2. The Bertz CT molecular complexity index is 899. The zero-order valence-electron chi connectivity index (χ0n) is 13.9. The first-order chi connectivity index (χ1) is 12.2. The van der Waals surface area contributed by atoms with Crippen LogP contribution in [0.5, 0.6) is 0 Å². The summed E-state index contributed by atoms with van der Waals surface area (Å²) in [5.74, 6) is 0.156. The van der Waals surface area contributed by atoms with Gasteiger partial charge < -0.3 is 9.80 Å². The smallest absolute Gasteiger partial charge is 0.254 e. The topological polar surface area (TPSA) is 24.8 Å². The number of nitrogens with zero attached hydrogens (tertiary/aromatic N) is 1. The molecule has 25 heavy (non-hydrogen) atoms. The Labute approximate surface area is 160 Å². The Morgan fingerprint density at radius 2 is 1.80 bits per heavy atom. The highest BCUT2D eigenvalue weighted by atomic mass is 79.9. The Morgan fingerprint density at radius 1 is 1.04 bits per heavy atom. The van der Waals surface area contributed by atoms with Crippen molar-refractivity contribution in [2.45, 2.75) is 6.54 Å². The lowest BCUT2D eigenvalue weighted by Crippen LogP contribution is -3.13. The van der Waals surface area contributed by atoms with Gasteiger partial charge in [0, 0.05) is 5.56 Å². The highest BCUT2D eigenvalue weighted by Gasteiger charge is 2.25. The number of nitrogens with one attached hydrogen (secondary N) is 1. The molecule has 1 aliphatic rings. The molecule has 1 saturated heterocycles. The molecule has 0 aliphatic carbocycles. The van der Waals surface area contributed by atoms with E-state index in [4.69, 9.17) is 0 Å². The van der Waals surface area contributed by atoms with Gasteiger partial charge >= 0.3 is 0 Å². The Hall–Kier alpha value is -1.69. The fourth-order valence-electron chi connectivity index (χ4n) is 3.40. The molecule has 1 N–H and O–H groups in total. The van der Waals surface area contributed by atoms with E-state index >= 15 is 0 Å². The molecule has 128 valence electrons. The van der Waals surface area contributed by atoms with Gasteiger partial charge in [0.1, 0.15) is 6.54 Å². The van der Waals surface area contributed by atoms with Gasteiger partial charge in [-0.25, -0.2) is 0 Å². The molecular weight excluding hydrogens is 396 g/mol. The van der Waals surface area contributed by atoms with Gasteiger partial charge in [-0.05, 0) is 51.0 Å². The van der Waals surface area contributed by atoms with Crippen LogP contribution in [0.3, 0.4) is 0 Å². The molecule has 4 rings (SSSR count). The second-order valence-electron chi connectivity index (χ2n) is 6.49. The molecule has 0 bridgehead atoms. The summed E-state index contributed by atoms with van der Waals surface area (Å²) >= 11 is 5.33. The van der Waals surface area contributed by atoms with Crippen molar-refractivity contribution in [3.05, 3.63) is 68.8 Å². The van der Waals surface area contributed by atoms with Gasteiger partial charge in [0.25, 0.3) is 5.91 Å². The van der Waals surface area contributed by atoms with Crippen molar-refractivity contribution in [1.29, 1.82) is 0 Å². The van der Waals surface area contributed by atoms with E-state index in [0.29, 0.717) is 0 Å². The van der Waals surface area contributed by atoms with Gasteiger partial charge in [-0.2, -0.15) is 0 Å². The summed E-state index contributed by atoms with van der Waals surface area (Å²) in [5.41, 5.74) is 0.796. The number of amides is 1. The third-order valence-electron chi connectivity index (χ3n) is 4.81. The molecule has 3 nitrogen and oxygen atoms in total. The molecule has 1 aliphatic heterocycles. The van der Waals surface area contributed by atoms with Crippen LogP contribution in [0.4, 0.5) is 0 Å². The minimum absolute atomic E-state index is 0.156. The number of carbonyl (C=O) groups excluding carboxylic acids is 1. The molecule has 0 spiro atoms. The average Bonchev–Trinajstić information content (AvgIpc) is 3.06. The van der Waals surface area contributed by atoms with Crippen LogP contribution in [0, 0.1) is 0 Å². The second-order valence-corrected chi connectivity index (χ2v) is 9.03. The van der Waals surface area contributed by atoms with E-state index in [1.165, 1.54) is 14.0 Å². The number of fused-ring (bicyclic) bond motifs is 1. The summed E-state index contributed by atoms with van der Waals surface area (Å²) in [5, 5.41) is 2.30. The number of quaternary nitrogens is 1. The fraction of sp³-hybridized carbons (Fsp3) is 0.250. The first kappa shape index (κ1) is 16.8. The van der Waals surface area contributed by atoms with Gasteiger partial charge in [-0.1, -0.05) is 30.3 Å². The summed E-state index contributed by atoms with van der Waals surface area (Å²) in [7, 11) is 0. The maximum Gasteiger partial charge on any atom is 0.254 e. The standard InChI is InChI=1S/C20H19BrN2OS/c21-19-8-7-18(25-19)14-22-9-11-23(12-10-22)20(24)17-6-5-15-3-1-2-4-16(15)13-17/h1-8,13H,9-12,14H2/p+1. The van der Waals surface area contributed by atoms with Crippen LogP contribution in [0.15, 0.2) is 58.4 Å². The molecule has 1 aromatic heterocycles. The van der Waals surface area contributed by atoms with Gasteiger partial charge in [0.05, 0.1) is 34.8 Å². The van der Waals surface area contributed by atoms with Crippen molar-refractivity contribution in [2.75, 3.05) is 26.2 Å². The number of carbonyl (C=O) groups is 1. The van der Waals surface area contributed by atoms with Crippen LogP contribution in [0.25, 0.3) is 10.8 Å². The predicted octanol–water partition coefficient (Wildman–Crippen LogP) is 3.20. The van der Waals surface area contributed by atoms with Crippen molar-refractivity contribution in [3.63, 3.8) is 0 Å². The molecule has 2 aromatic carbocycles. The zero-order valence-corrected chi connectivity index (χ0v) is 16.3. The van der Waals surface area contributed by atoms with Crippen LogP contribution in [0.1, 0.15) is 15.2 Å². The molecule has 1 fully saturated rings. The van der Waals surface area contributed by atoms with Gasteiger partial charge in [0.15, 0.2) is 0 Å². The third kappa shape index (κ3) is 3.78. The number of rotatable bonds is 3. The molecular formula is C20H20BrN2OS+. The van der Waals surface area contributed by atoms with E-state index in [2.05, 4.69) is 40.2 Å². The number of benzene rings is 2. The normalized spacial score (nSPS) is 15.6. The second kappa shape index (κ2) is 7.28. The fourth-order valence-corrected chi connectivity index (χ4v) is 4.96. The highest BCUT2D eigenvalue weighted by molar-refractivity contribution is 9.11. The van der Waals surface area contributed by atoms with E-state index in [1.807, 2.05) is 35.2 Å². The van der Waals surface area contributed by atoms with Gasteiger partial charge in [-0.3, -0.25) is 4.79 Å². The van der Waals surface area contributed by atoms with E-state index < -0.39 is 0 Å². The molecule has 1 amide bonds. The van der Waals surface area contributed by atoms with Crippen molar-refractivity contribution in [3.8, 4) is 0 Å². The lowest BCUT2D eigenvalue weighted by molar-refractivity contribution is -0.917. The third-order valence-corrected chi connectivity index (χ3v) is 6.43. The monoisotopic (exact) mass is 415 g/mol. The number of piperazine rings is 1. The molecule has 5 heteroatoms. The molecule has 0 unspecified atom stereocenters. The van der Waals surface area contributed by atoms with Crippen molar-refractivity contribution in [2.24, 2.45) is 0 Å². The number of thiophene rings is 1. The Morgan fingerprint density at radius 3 is 2.52 bits per heavy atom. The summed E-state index contributed by atoms with van der Waals surface area (Å²) in [4.78, 5) is 17.8. The minimum Gasteiger partial charge on any atom is -0.328 e. The molecule has 0 saturated carbocycles. The van der Waals surface area contributed by atoms with Crippen LogP contribution < -0.4 is 4.90 Å². The lowest BCUT2D eigenvalue weighted by atomic mass is 10.1. The summed E-state index contributed by atoms with van der Waals surface area (Å²) in [6.07, 6.45) is 0. The minimum atomic E-state index is 0.156. The Balaban J connectivity index is 1.40. The van der Waals surface area contributed by atoms with Crippen LogP contribution in [-0.2, 0) is 6.54 Å². The predicted molar refractivity (Wildman–Crippen MR) is 106 cm³/mol. The summed E-state index contributed by atoms with van der Waals surface area (Å²) in [6, 6.07) is 18.5. The van der Waals surface area contributed by atoms with Crippen LogP contribution in [-0.4, -0.2) is 37.0 Å². The maximum absolute atomic E-state index is 12.8. The lowest BCUT2D eigenvalue weighted by Gasteiger charge is -2.32. The van der Waals surface area contributed by atoms with Gasteiger partial charge in [0.2, 0.25) is 0 Å². The van der Waals surface area contributed by atoms with Crippen molar-refractivity contribution < 1.29 is 9.69 Å². The molecule has 2 heterocycles. The van der Waals surface area contributed by atoms with Crippen molar-refractivity contribution in [1.82, 2.24) is 4.90 Å². The SMILES string of the molecule is O=C(c1ccc2ccccc2c1)N1CC[NH+](Cc2ccc(Br)s2)CC1. The van der Waals surface area contributed by atoms with Crippen molar-refractivity contribution >= 4 is 43.9 Å². The van der Waals surface area contributed by atoms with E-state index in [1.54, 1.807) is 16.2 Å². The average molecular weight is 416 g/mol. The number of hydrogen-bond donors (Lipinski definition) is 1. The molecule has 0 atom stereocenters. The molecule has 3 aromatic rings. The summed E-state index contributed by atoms with van der Waals surface area (Å²) in [6.45, 7) is 4.72. The zero-order chi connectivity index (χ0) is 17.2. The highest BCUT2D eigenvalue weighted by Crippen LogP contribution is 2.21. The van der Waals surface area contributed by atoms with Crippen LogP contribution >= 0.6 is 27.3 Å². The number of hydrogen-bond acceptors (Lipinski definition) is 2. The quantitative estimate of drug-likeness (QED) is 0.697. The van der Waals surface area contributed by atoms with E-state index in [0.717, 1.165) is 43.7 Å². The number of halogens is 1. The van der Waals surface area contributed by atoms with E-state index in [-0.39, 0.29) is 5.91 Å². The molecule has 0 radical (unpaired) electrons. The Kier molecular flexibility index (Phi) is 4.88. The first-order valence-electron chi connectivity index (χ1n) is 8.55.